The van der Waals surface area contributed by atoms with Crippen molar-refractivity contribution in [1.29, 1.82) is 0 Å². The molecule has 1 aliphatic rings. The highest BCUT2D eigenvalue weighted by atomic mass is 32.2. The molecule has 1 aliphatic heterocycles. The molecule has 0 bridgehead atoms. The molecule has 146 valence electrons. The van der Waals surface area contributed by atoms with E-state index in [1.807, 2.05) is 32.0 Å². The van der Waals surface area contributed by atoms with Gasteiger partial charge in [-0.3, -0.25) is 4.21 Å². The Kier molecular flexibility index (Phi) is 6.60. The van der Waals surface area contributed by atoms with Crippen LogP contribution in [0.15, 0.2) is 35.2 Å². The van der Waals surface area contributed by atoms with Gasteiger partial charge >= 0.3 is 5.97 Å². The molecule has 1 aromatic rings. The zero-order valence-electron chi connectivity index (χ0n) is 15.9. The lowest BCUT2D eigenvalue weighted by atomic mass is 9.83. The average Bonchev–Trinajstić information content (AvgIpc) is 2.92. The molecular formula is C19H28O6S. The van der Waals surface area contributed by atoms with Crippen molar-refractivity contribution in [2.45, 2.75) is 62.6 Å². The molecule has 4 atom stereocenters. The predicted octanol–water partition coefficient (Wildman–Crippen LogP) is 2.26. The van der Waals surface area contributed by atoms with Gasteiger partial charge in [0.15, 0.2) is 5.79 Å². The van der Waals surface area contributed by atoms with E-state index in [2.05, 4.69) is 0 Å². The first kappa shape index (κ1) is 21.0. The number of benzene rings is 1. The van der Waals surface area contributed by atoms with Crippen LogP contribution in [0.4, 0.5) is 0 Å². The van der Waals surface area contributed by atoms with Gasteiger partial charge in [-0.15, -0.1) is 0 Å². The minimum Gasteiger partial charge on any atom is -0.467 e. The van der Waals surface area contributed by atoms with Crippen molar-refractivity contribution in [3.05, 3.63) is 30.3 Å². The minimum absolute atomic E-state index is 0.0925. The van der Waals surface area contributed by atoms with Crippen molar-refractivity contribution in [2.24, 2.45) is 5.92 Å². The summed E-state index contributed by atoms with van der Waals surface area (Å²) in [4.78, 5) is 13.3. The molecule has 0 radical (unpaired) electrons. The van der Waals surface area contributed by atoms with Gasteiger partial charge in [0.05, 0.1) is 24.0 Å². The van der Waals surface area contributed by atoms with Crippen LogP contribution in [-0.4, -0.2) is 51.7 Å². The molecule has 0 spiro atoms. The minimum atomic E-state index is -1.65. The maximum absolute atomic E-state index is 12.6. The highest BCUT2D eigenvalue weighted by Gasteiger charge is 2.63. The fraction of sp³-hybridized carbons (Fsp3) is 0.632. The van der Waals surface area contributed by atoms with Crippen molar-refractivity contribution >= 4 is 16.8 Å². The summed E-state index contributed by atoms with van der Waals surface area (Å²) < 4.78 is 29.2. The predicted molar refractivity (Wildman–Crippen MR) is 98.0 cm³/mol. The second kappa shape index (κ2) is 8.17. The van der Waals surface area contributed by atoms with Gasteiger partial charge in [-0.05, 0) is 38.3 Å². The first-order valence-electron chi connectivity index (χ1n) is 8.72. The number of carbonyl (C=O) groups is 1. The van der Waals surface area contributed by atoms with E-state index in [0.717, 1.165) is 0 Å². The van der Waals surface area contributed by atoms with Crippen LogP contribution in [0.3, 0.4) is 0 Å². The first-order chi connectivity index (χ1) is 12.1. The van der Waals surface area contributed by atoms with Crippen molar-refractivity contribution in [3.63, 3.8) is 0 Å². The summed E-state index contributed by atoms with van der Waals surface area (Å²) >= 11 is 0. The van der Waals surface area contributed by atoms with E-state index in [1.165, 1.54) is 7.11 Å². The molecular weight excluding hydrogens is 356 g/mol. The molecule has 0 amide bonds. The van der Waals surface area contributed by atoms with E-state index in [4.69, 9.17) is 14.2 Å². The first-order valence-corrected chi connectivity index (χ1v) is 10.0. The zero-order chi connectivity index (χ0) is 19.5. The molecule has 0 aromatic heterocycles. The summed E-state index contributed by atoms with van der Waals surface area (Å²) in [6, 6.07) is 9.01. The maximum atomic E-state index is 12.6. The standard InChI is InChI=1S/C19H28O6S/c1-13(2)16-19(17(21)23-5,25-18(3,4)24-16)15(20)11-12-26(22)14-9-7-6-8-10-14/h6-10,13,15-16,20H,11-12H2,1-5H3. The molecule has 1 fully saturated rings. The van der Waals surface area contributed by atoms with E-state index in [1.54, 1.807) is 26.0 Å². The Hall–Kier alpha value is -1.28. The third kappa shape index (κ3) is 4.17. The highest BCUT2D eigenvalue weighted by Crippen LogP contribution is 2.43. The van der Waals surface area contributed by atoms with Crippen molar-refractivity contribution in [1.82, 2.24) is 0 Å². The maximum Gasteiger partial charge on any atom is 0.343 e. The van der Waals surface area contributed by atoms with Crippen LogP contribution in [0.2, 0.25) is 0 Å². The topological polar surface area (TPSA) is 82.1 Å². The van der Waals surface area contributed by atoms with Crippen LogP contribution in [0, 0.1) is 5.92 Å². The zero-order valence-corrected chi connectivity index (χ0v) is 16.7. The summed E-state index contributed by atoms with van der Waals surface area (Å²) in [5.74, 6) is -1.62. The number of hydrogen-bond acceptors (Lipinski definition) is 6. The second-order valence-corrected chi connectivity index (χ2v) is 8.81. The van der Waals surface area contributed by atoms with Gasteiger partial charge in [-0.2, -0.15) is 0 Å². The molecule has 1 N–H and O–H groups in total. The van der Waals surface area contributed by atoms with E-state index < -0.39 is 40.4 Å². The number of rotatable bonds is 7. The van der Waals surface area contributed by atoms with Crippen LogP contribution in [0.5, 0.6) is 0 Å². The molecule has 26 heavy (non-hydrogen) atoms. The lowest BCUT2D eigenvalue weighted by Gasteiger charge is -2.36. The second-order valence-electron chi connectivity index (χ2n) is 7.24. The summed E-state index contributed by atoms with van der Waals surface area (Å²) in [5, 5.41) is 10.9. The Labute approximate surface area is 157 Å². The van der Waals surface area contributed by atoms with Crippen molar-refractivity contribution < 1.29 is 28.3 Å². The number of aliphatic hydroxyl groups excluding tert-OH is 1. The molecule has 0 aliphatic carbocycles. The Morgan fingerprint density at radius 1 is 1.31 bits per heavy atom. The number of ether oxygens (including phenoxy) is 3. The van der Waals surface area contributed by atoms with Gasteiger partial charge in [0.25, 0.3) is 0 Å². The van der Waals surface area contributed by atoms with Crippen LogP contribution >= 0.6 is 0 Å². The monoisotopic (exact) mass is 384 g/mol. The van der Waals surface area contributed by atoms with Crippen molar-refractivity contribution in [3.8, 4) is 0 Å². The highest BCUT2D eigenvalue weighted by molar-refractivity contribution is 7.85. The van der Waals surface area contributed by atoms with Gasteiger partial charge in [0.2, 0.25) is 5.60 Å². The number of aliphatic hydroxyl groups is 1. The Morgan fingerprint density at radius 2 is 1.92 bits per heavy atom. The molecule has 2 rings (SSSR count). The third-order valence-corrected chi connectivity index (χ3v) is 5.84. The Morgan fingerprint density at radius 3 is 2.46 bits per heavy atom. The molecule has 0 saturated carbocycles. The molecule has 6 nitrogen and oxygen atoms in total. The molecule has 7 heteroatoms. The van der Waals surface area contributed by atoms with Crippen molar-refractivity contribution in [2.75, 3.05) is 12.9 Å². The molecule has 1 heterocycles. The van der Waals surface area contributed by atoms with Crippen LogP contribution < -0.4 is 0 Å². The lowest BCUT2D eigenvalue weighted by molar-refractivity contribution is -0.205. The summed E-state index contributed by atoms with van der Waals surface area (Å²) in [6.45, 7) is 7.17. The molecule has 1 saturated heterocycles. The van der Waals surface area contributed by atoms with Gasteiger partial charge in [0.1, 0.15) is 6.10 Å². The van der Waals surface area contributed by atoms with Crippen LogP contribution in [0.25, 0.3) is 0 Å². The van der Waals surface area contributed by atoms with Gasteiger partial charge < -0.3 is 19.3 Å². The fourth-order valence-corrected chi connectivity index (χ4v) is 4.48. The van der Waals surface area contributed by atoms with E-state index in [9.17, 15) is 14.1 Å². The third-order valence-electron chi connectivity index (χ3n) is 4.44. The fourth-order valence-electron chi connectivity index (χ4n) is 3.35. The Bertz CT molecular complexity index is 645. The summed E-state index contributed by atoms with van der Waals surface area (Å²) in [7, 11) is -0.0322. The number of esters is 1. The average molecular weight is 384 g/mol. The quantitative estimate of drug-likeness (QED) is 0.726. The normalized spacial score (nSPS) is 27.3. The number of methoxy groups -OCH3 is 1. The smallest absolute Gasteiger partial charge is 0.343 e. The van der Waals surface area contributed by atoms with Gasteiger partial charge in [-0.25, -0.2) is 4.79 Å². The van der Waals surface area contributed by atoms with Gasteiger partial charge in [-0.1, -0.05) is 32.0 Å². The SMILES string of the molecule is COC(=O)C1(C(O)CCS(=O)c2ccccc2)OC(C)(C)OC1C(C)C. The summed E-state index contributed by atoms with van der Waals surface area (Å²) in [6.07, 6.45) is -1.78. The van der Waals surface area contributed by atoms with Crippen LogP contribution in [0.1, 0.15) is 34.1 Å². The number of hydrogen-bond donors (Lipinski definition) is 1. The lowest BCUT2D eigenvalue weighted by Crippen LogP contribution is -2.59. The molecule has 1 aromatic carbocycles. The van der Waals surface area contributed by atoms with Gasteiger partial charge in [0, 0.05) is 10.6 Å². The van der Waals surface area contributed by atoms with E-state index in [0.29, 0.717) is 4.90 Å². The largest absolute Gasteiger partial charge is 0.467 e. The van der Waals surface area contributed by atoms with Crippen LogP contribution in [-0.2, 0) is 29.8 Å². The number of carbonyl (C=O) groups excluding carboxylic acids is 1. The van der Waals surface area contributed by atoms with E-state index >= 15 is 0 Å². The van der Waals surface area contributed by atoms with E-state index in [-0.39, 0.29) is 18.1 Å². The summed E-state index contributed by atoms with van der Waals surface area (Å²) in [5.41, 5.74) is -1.65. The molecule has 4 unspecified atom stereocenters. The Balaban J connectivity index is 2.23.